The van der Waals surface area contributed by atoms with Gasteiger partial charge >= 0.3 is 0 Å². The molecular weight excluding hydrogens is 168 g/mol. The summed E-state index contributed by atoms with van der Waals surface area (Å²) in [6.45, 7) is 4.17. The lowest BCUT2D eigenvalue weighted by atomic mass is 9.96. The summed E-state index contributed by atoms with van der Waals surface area (Å²) in [6.07, 6.45) is 3.30. The van der Waals surface area contributed by atoms with Crippen LogP contribution in [0.5, 0.6) is 0 Å². The molecular formula is C10H20O3. The number of aliphatic hydroxyl groups is 1. The van der Waals surface area contributed by atoms with Gasteiger partial charge in [0.2, 0.25) is 0 Å². The van der Waals surface area contributed by atoms with Gasteiger partial charge in [-0.15, -0.1) is 0 Å². The van der Waals surface area contributed by atoms with E-state index in [4.69, 9.17) is 9.47 Å². The third-order valence-corrected chi connectivity index (χ3v) is 2.88. The van der Waals surface area contributed by atoms with E-state index >= 15 is 0 Å². The van der Waals surface area contributed by atoms with Crippen molar-refractivity contribution in [3.05, 3.63) is 0 Å². The quantitative estimate of drug-likeness (QED) is 0.680. The highest BCUT2D eigenvalue weighted by Gasteiger charge is 2.41. The van der Waals surface area contributed by atoms with Crippen molar-refractivity contribution in [1.29, 1.82) is 0 Å². The SMILES string of the molecule is CCOC(C)(O)C1CCCC1OC. The highest BCUT2D eigenvalue weighted by Crippen LogP contribution is 2.36. The summed E-state index contributed by atoms with van der Waals surface area (Å²) >= 11 is 0. The first kappa shape index (κ1) is 11.0. The van der Waals surface area contributed by atoms with Crippen LogP contribution >= 0.6 is 0 Å². The molecule has 1 fully saturated rings. The standard InChI is InChI=1S/C10H20O3/c1-4-13-10(2,11)8-6-5-7-9(8)12-3/h8-9,11H,4-7H2,1-3H3. The Labute approximate surface area is 80.0 Å². The summed E-state index contributed by atoms with van der Waals surface area (Å²) in [5, 5.41) is 10.0. The summed E-state index contributed by atoms with van der Waals surface area (Å²) < 4.78 is 10.6. The van der Waals surface area contributed by atoms with Crippen LogP contribution in [0.2, 0.25) is 0 Å². The monoisotopic (exact) mass is 188 g/mol. The smallest absolute Gasteiger partial charge is 0.167 e. The first-order valence-corrected chi connectivity index (χ1v) is 5.01. The molecule has 0 aromatic rings. The maximum atomic E-state index is 10.0. The molecule has 1 N–H and O–H groups in total. The summed E-state index contributed by atoms with van der Waals surface area (Å²) in [4.78, 5) is 0. The van der Waals surface area contributed by atoms with Crippen molar-refractivity contribution in [3.63, 3.8) is 0 Å². The van der Waals surface area contributed by atoms with Gasteiger partial charge in [0.1, 0.15) is 0 Å². The molecule has 78 valence electrons. The van der Waals surface area contributed by atoms with E-state index in [-0.39, 0.29) is 12.0 Å². The molecule has 3 atom stereocenters. The Balaban J connectivity index is 2.57. The molecule has 0 aromatic heterocycles. The second-order valence-corrected chi connectivity index (χ2v) is 3.80. The fraction of sp³-hybridized carbons (Fsp3) is 1.00. The van der Waals surface area contributed by atoms with E-state index in [0.717, 1.165) is 19.3 Å². The van der Waals surface area contributed by atoms with E-state index in [1.54, 1.807) is 14.0 Å². The Morgan fingerprint density at radius 1 is 1.46 bits per heavy atom. The van der Waals surface area contributed by atoms with Crippen molar-refractivity contribution in [1.82, 2.24) is 0 Å². The van der Waals surface area contributed by atoms with Crippen LogP contribution in [0.4, 0.5) is 0 Å². The van der Waals surface area contributed by atoms with Gasteiger partial charge in [-0.3, -0.25) is 0 Å². The molecule has 3 unspecified atom stereocenters. The lowest BCUT2D eigenvalue weighted by Crippen LogP contribution is -2.42. The normalized spacial score (nSPS) is 33.2. The first-order valence-electron chi connectivity index (χ1n) is 5.01. The number of methoxy groups -OCH3 is 1. The third-order valence-electron chi connectivity index (χ3n) is 2.88. The van der Waals surface area contributed by atoms with Crippen molar-refractivity contribution in [2.24, 2.45) is 5.92 Å². The number of hydrogen-bond acceptors (Lipinski definition) is 3. The van der Waals surface area contributed by atoms with E-state index in [1.165, 1.54) is 0 Å². The molecule has 0 aliphatic heterocycles. The molecule has 1 aliphatic rings. The van der Waals surface area contributed by atoms with Gasteiger partial charge in [0, 0.05) is 19.6 Å². The van der Waals surface area contributed by atoms with Gasteiger partial charge in [0.15, 0.2) is 5.79 Å². The number of rotatable bonds is 4. The van der Waals surface area contributed by atoms with E-state index in [9.17, 15) is 5.11 Å². The molecule has 0 bridgehead atoms. The Bertz CT molecular complexity index is 156. The lowest BCUT2D eigenvalue weighted by molar-refractivity contribution is -0.236. The highest BCUT2D eigenvalue weighted by atomic mass is 16.6. The predicted molar refractivity (Wildman–Crippen MR) is 50.4 cm³/mol. The molecule has 1 rings (SSSR count). The van der Waals surface area contributed by atoms with Crippen LogP contribution < -0.4 is 0 Å². The molecule has 0 amide bonds. The molecule has 3 nitrogen and oxygen atoms in total. The van der Waals surface area contributed by atoms with Gasteiger partial charge in [-0.1, -0.05) is 6.42 Å². The van der Waals surface area contributed by atoms with Crippen molar-refractivity contribution < 1.29 is 14.6 Å². The molecule has 13 heavy (non-hydrogen) atoms. The van der Waals surface area contributed by atoms with E-state index < -0.39 is 5.79 Å². The molecule has 0 spiro atoms. The van der Waals surface area contributed by atoms with Crippen LogP contribution in [0.3, 0.4) is 0 Å². The Morgan fingerprint density at radius 2 is 2.15 bits per heavy atom. The minimum absolute atomic E-state index is 0.123. The Hall–Kier alpha value is -0.120. The van der Waals surface area contributed by atoms with Crippen LogP contribution in [0.15, 0.2) is 0 Å². The van der Waals surface area contributed by atoms with E-state index in [0.29, 0.717) is 6.61 Å². The van der Waals surface area contributed by atoms with Crippen LogP contribution in [0, 0.1) is 5.92 Å². The zero-order chi connectivity index (χ0) is 9.90. The van der Waals surface area contributed by atoms with Gasteiger partial charge in [-0.25, -0.2) is 0 Å². The highest BCUT2D eigenvalue weighted by molar-refractivity contribution is 4.86. The third kappa shape index (κ3) is 2.42. The fourth-order valence-electron chi connectivity index (χ4n) is 2.22. The minimum atomic E-state index is -1.02. The largest absolute Gasteiger partial charge is 0.381 e. The van der Waals surface area contributed by atoms with Gasteiger partial charge in [0.05, 0.1) is 6.10 Å². The van der Waals surface area contributed by atoms with Crippen LogP contribution in [0.1, 0.15) is 33.1 Å². The zero-order valence-electron chi connectivity index (χ0n) is 8.75. The number of hydrogen-bond donors (Lipinski definition) is 1. The van der Waals surface area contributed by atoms with E-state index in [1.807, 2.05) is 6.92 Å². The molecule has 1 aliphatic carbocycles. The topological polar surface area (TPSA) is 38.7 Å². The molecule has 0 saturated heterocycles. The van der Waals surface area contributed by atoms with Crippen molar-refractivity contribution in [3.8, 4) is 0 Å². The second kappa shape index (κ2) is 4.40. The van der Waals surface area contributed by atoms with Crippen LogP contribution in [0.25, 0.3) is 0 Å². The maximum Gasteiger partial charge on any atom is 0.167 e. The summed E-state index contributed by atoms with van der Waals surface area (Å²) in [7, 11) is 1.70. The molecule has 3 heteroatoms. The Morgan fingerprint density at radius 3 is 2.69 bits per heavy atom. The van der Waals surface area contributed by atoms with Gasteiger partial charge in [-0.05, 0) is 26.7 Å². The van der Waals surface area contributed by atoms with Crippen LogP contribution in [-0.2, 0) is 9.47 Å². The lowest BCUT2D eigenvalue weighted by Gasteiger charge is -2.33. The van der Waals surface area contributed by atoms with Crippen molar-refractivity contribution >= 4 is 0 Å². The fourth-order valence-corrected chi connectivity index (χ4v) is 2.22. The zero-order valence-corrected chi connectivity index (χ0v) is 8.75. The maximum absolute atomic E-state index is 10.0. The minimum Gasteiger partial charge on any atom is -0.381 e. The molecule has 0 heterocycles. The van der Waals surface area contributed by atoms with Crippen LogP contribution in [-0.4, -0.2) is 30.7 Å². The second-order valence-electron chi connectivity index (χ2n) is 3.80. The summed E-state index contributed by atoms with van der Waals surface area (Å²) in [5.74, 6) is -0.899. The van der Waals surface area contributed by atoms with E-state index in [2.05, 4.69) is 0 Å². The Kier molecular flexibility index (Phi) is 3.71. The number of ether oxygens (including phenoxy) is 2. The molecule has 0 aromatic carbocycles. The van der Waals surface area contributed by atoms with Crippen molar-refractivity contribution in [2.75, 3.05) is 13.7 Å². The van der Waals surface area contributed by atoms with Crippen molar-refractivity contribution in [2.45, 2.75) is 45.0 Å². The van der Waals surface area contributed by atoms with Gasteiger partial charge in [-0.2, -0.15) is 0 Å². The van der Waals surface area contributed by atoms with Gasteiger partial charge < -0.3 is 14.6 Å². The molecule has 0 radical (unpaired) electrons. The average molecular weight is 188 g/mol. The van der Waals surface area contributed by atoms with Gasteiger partial charge in [0.25, 0.3) is 0 Å². The first-order chi connectivity index (χ1) is 6.11. The predicted octanol–water partition coefficient (Wildman–Crippen LogP) is 1.55. The summed E-state index contributed by atoms with van der Waals surface area (Å²) in [6, 6.07) is 0. The molecule has 1 saturated carbocycles. The summed E-state index contributed by atoms with van der Waals surface area (Å²) in [5.41, 5.74) is 0. The average Bonchev–Trinajstić information content (AvgIpc) is 2.51.